The van der Waals surface area contributed by atoms with Gasteiger partial charge in [0.25, 0.3) is 0 Å². The third kappa shape index (κ3) is 8.00. The van der Waals surface area contributed by atoms with E-state index >= 15 is 0 Å². The highest BCUT2D eigenvalue weighted by molar-refractivity contribution is 6.31. The lowest BCUT2D eigenvalue weighted by molar-refractivity contribution is -0.157. The minimum absolute atomic E-state index is 0.0961. The van der Waals surface area contributed by atoms with Gasteiger partial charge in [-0.2, -0.15) is 0 Å². The van der Waals surface area contributed by atoms with Gasteiger partial charge in [-0.1, -0.05) is 35.9 Å². The summed E-state index contributed by atoms with van der Waals surface area (Å²) in [4.78, 5) is 24.8. The quantitative estimate of drug-likeness (QED) is 0.221. The monoisotopic (exact) mass is 528 g/mol. The van der Waals surface area contributed by atoms with Crippen LogP contribution in [0.1, 0.15) is 68.2 Å². The van der Waals surface area contributed by atoms with E-state index in [2.05, 4.69) is 0 Å². The summed E-state index contributed by atoms with van der Waals surface area (Å²) < 4.78 is 23.7. The van der Waals surface area contributed by atoms with E-state index in [1.807, 2.05) is 91.8 Å². The molecule has 37 heavy (non-hydrogen) atoms. The van der Waals surface area contributed by atoms with Crippen LogP contribution in [0.5, 0.6) is 11.5 Å². The van der Waals surface area contributed by atoms with Crippen LogP contribution in [-0.2, 0) is 19.1 Å². The fourth-order valence-corrected chi connectivity index (χ4v) is 4.22. The number of rotatable bonds is 8. The van der Waals surface area contributed by atoms with Crippen molar-refractivity contribution in [1.82, 2.24) is 0 Å². The molecule has 200 valence electrons. The molecule has 0 bridgehead atoms. The highest BCUT2D eigenvalue weighted by Crippen LogP contribution is 2.44. The Hall–Kier alpha value is -2.99. The highest BCUT2D eigenvalue weighted by atomic mass is 35.5. The van der Waals surface area contributed by atoms with E-state index < -0.39 is 23.4 Å². The van der Waals surface area contributed by atoms with Crippen LogP contribution in [0.4, 0.5) is 0 Å². The SMILES string of the molecule is CC(CC(=O)OC(C)(C)C)Oc1c2ccccc2c(OC(C)CC(=O)OC(C)(C)C)c2cc(Cl)ccc12. The zero-order valence-electron chi connectivity index (χ0n) is 22.9. The molecule has 0 aromatic heterocycles. The van der Waals surface area contributed by atoms with Gasteiger partial charge in [0, 0.05) is 26.6 Å². The molecule has 3 rings (SSSR count). The zero-order chi connectivity index (χ0) is 27.5. The van der Waals surface area contributed by atoms with Gasteiger partial charge < -0.3 is 18.9 Å². The predicted octanol–water partition coefficient (Wildman–Crippen LogP) is 7.64. The number of esters is 2. The van der Waals surface area contributed by atoms with E-state index in [1.165, 1.54) is 0 Å². The number of benzene rings is 3. The fourth-order valence-electron chi connectivity index (χ4n) is 4.05. The molecule has 2 unspecified atom stereocenters. The van der Waals surface area contributed by atoms with Crippen LogP contribution in [0, 0.1) is 0 Å². The molecule has 0 amide bonds. The van der Waals surface area contributed by atoms with Gasteiger partial charge >= 0.3 is 11.9 Å². The molecule has 0 spiro atoms. The maximum absolute atomic E-state index is 12.4. The van der Waals surface area contributed by atoms with E-state index in [9.17, 15) is 9.59 Å². The molecule has 0 radical (unpaired) electrons. The van der Waals surface area contributed by atoms with Crippen LogP contribution in [0.2, 0.25) is 5.02 Å². The van der Waals surface area contributed by atoms with Crippen molar-refractivity contribution in [1.29, 1.82) is 0 Å². The van der Waals surface area contributed by atoms with Crippen molar-refractivity contribution in [2.45, 2.75) is 91.6 Å². The van der Waals surface area contributed by atoms with Crippen molar-refractivity contribution < 1.29 is 28.5 Å². The predicted molar refractivity (Wildman–Crippen MR) is 148 cm³/mol. The Balaban J connectivity index is 2.00. The Morgan fingerprint density at radius 3 is 1.54 bits per heavy atom. The molecule has 3 aromatic rings. The first-order chi connectivity index (χ1) is 17.1. The molecular weight excluding hydrogens is 492 g/mol. The second kappa shape index (κ2) is 11.2. The fraction of sp³-hybridized carbons (Fsp3) is 0.467. The van der Waals surface area contributed by atoms with Crippen LogP contribution in [0.25, 0.3) is 21.5 Å². The van der Waals surface area contributed by atoms with Crippen LogP contribution in [0.3, 0.4) is 0 Å². The normalized spacial score (nSPS) is 13.8. The summed E-state index contributed by atoms with van der Waals surface area (Å²) in [6.45, 7) is 14.7. The summed E-state index contributed by atoms with van der Waals surface area (Å²) in [7, 11) is 0. The Kier molecular flexibility index (Phi) is 8.63. The maximum Gasteiger partial charge on any atom is 0.310 e. The average Bonchev–Trinajstić information content (AvgIpc) is 2.73. The van der Waals surface area contributed by atoms with Crippen molar-refractivity contribution in [3.05, 3.63) is 47.5 Å². The van der Waals surface area contributed by atoms with Crippen molar-refractivity contribution in [2.24, 2.45) is 0 Å². The number of fused-ring (bicyclic) bond motifs is 2. The van der Waals surface area contributed by atoms with Crippen LogP contribution >= 0.6 is 11.6 Å². The minimum Gasteiger partial charge on any atom is -0.489 e. The number of hydrogen-bond donors (Lipinski definition) is 0. The molecule has 6 nitrogen and oxygen atoms in total. The number of hydrogen-bond acceptors (Lipinski definition) is 6. The second-order valence-electron chi connectivity index (χ2n) is 11.3. The Labute approximate surface area is 224 Å². The van der Waals surface area contributed by atoms with Crippen molar-refractivity contribution in [2.75, 3.05) is 0 Å². The minimum atomic E-state index is -0.571. The van der Waals surface area contributed by atoms with Crippen LogP contribution < -0.4 is 9.47 Å². The van der Waals surface area contributed by atoms with Crippen LogP contribution in [0.15, 0.2) is 42.5 Å². The summed E-state index contributed by atoms with van der Waals surface area (Å²) in [5, 5.41) is 3.72. The smallest absolute Gasteiger partial charge is 0.310 e. The molecule has 0 aliphatic carbocycles. The Morgan fingerprint density at radius 1 is 0.703 bits per heavy atom. The van der Waals surface area contributed by atoms with Crippen molar-refractivity contribution in [3.63, 3.8) is 0 Å². The number of halogens is 1. The molecule has 0 N–H and O–H groups in total. The number of ether oxygens (including phenoxy) is 4. The molecular formula is C30H37ClO6. The van der Waals surface area contributed by atoms with Gasteiger partial charge in [-0.3, -0.25) is 9.59 Å². The van der Waals surface area contributed by atoms with Crippen molar-refractivity contribution in [3.8, 4) is 11.5 Å². The maximum atomic E-state index is 12.4. The van der Waals surface area contributed by atoms with Gasteiger partial charge in [0.05, 0.1) is 12.8 Å². The summed E-state index contributed by atoms with van der Waals surface area (Å²) in [5.74, 6) is 0.580. The first-order valence-corrected chi connectivity index (χ1v) is 12.9. The molecule has 0 aliphatic rings. The Bertz CT molecular complexity index is 1290. The first kappa shape index (κ1) is 28.6. The van der Waals surface area contributed by atoms with Crippen LogP contribution in [-0.4, -0.2) is 35.3 Å². The molecule has 0 aliphatic heterocycles. The van der Waals surface area contributed by atoms with Gasteiger partial charge in [-0.15, -0.1) is 0 Å². The molecule has 0 saturated heterocycles. The van der Waals surface area contributed by atoms with E-state index in [0.717, 1.165) is 21.5 Å². The number of carbonyl (C=O) groups excluding carboxylic acids is 2. The molecule has 0 saturated carbocycles. The van der Waals surface area contributed by atoms with Crippen molar-refractivity contribution >= 4 is 45.1 Å². The second-order valence-corrected chi connectivity index (χ2v) is 11.8. The third-order valence-electron chi connectivity index (χ3n) is 5.27. The van der Waals surface area contributed by atoms with Gasteiger partial charge in [-0.25, -0.2) is 0 Å². The Morgan fingerprint density at radius 2 is 1.11 bits per heavy atom. The van der Waals surface area contributed by atoms with Gasteiger partial charge in [0.1, 0.15) is 34.9 Å². The number of carbonyl (C=O) groups is 2. The molecule has 7 heteroatoms. The lowest BCUT2D eigenvalue weighted by Crippen LogP contribution is -2.27. The van der Waals surface area contributed by atoms with E-state index in [1.54, 1.807) is 6.07 Å². The summed E-state index contributed by atoms with van der Waals surface area (Å²) >= 11 is 6.39. The summed E-state index contributed by atoms with van der Waals surface area (Å²) in [6, 6.07) is 13.2. The average molecular weight is 529 g/mol. The lowest BCUT2D eigenvalue weighted by Gasteiger charge is -2.24. The molecule has 0 heterocycles. The van der Waals surface area contributed by atoms with E-state index in [0.29, 0.717) is 16.5 Å². The first-order valence-electron chi connectivity index (χ1n) is 12.5. The summed E-state index contributed by atoms with van der Waals surface area (Å²) in [6.07, 6.45) is -0.682. The molecule has 0 fully saturated rings. The van der Waals surface area contributed by atoms with Gasteiger partial charge in [-0.05, 0) is 73.6 Å². The zero-order valence-corrected chi connectivity index (χ0v) is 23.7. The largest absolute Gasteiger partial charge is 0.489 e. The standard InChI is InChI=1S/C30H37ClO6/c1-18(15-25(32)36-29(3,4)5)34-27-21-11-9-10-12-22(21)28(24-17-20(31)13-14-23(24)27)35-19(2)16-26(33)37-30(6,7)8/h9-14,17-19H,15-16H2,1-8H3. The molecule has 3 aromatic carbocycles. The van der Waals surface area contributed by atoms with E-state index in [4.69, 9.17) is 30.5 Å². The van der Waals surface area contributed by atoms with Gasteiger partial charge in [0.2, 0.25) is 0 Å². The lowest BCUT2D eigenvalue weighted by atomic mass is 10.00. The highest BCUT2D eigenvalue weighted by Gasteiger charge is 2.24. The molecule has 2 atom stereocenters. The topological polar surface area (TPSA) is 71.1 Å². The third-order valence-corrected chi connectivity index (χ3v) is 5.51. The van der Waals surface area contributed by atoms with E-state index in [-0.39, 0.29) is 24.8 Å². The van der Waals surface area contributed by atoms with Gasteiger partial charge in [0.15, 0.2) is 0 Å². The summed E-state index contributed by atoms with van der Waals surface area (Å²) in [5.41, 5.74) is -1.14.